The molecule has 0 unspecified atom stereocenters. The van der Waals surface area contributed by atoms with Crippen LogP contribution >= 0.6 is 23.1 Å². The summed E-state index contributed by atoms with van der Waals surface area (Å²) in [6.07, 6.45) is 2.04. The van der Waals surface area contributed by atoms with E-state index in [1.807, 2.05) is 10.8 Å². The maximum absolute atomic E-state index is 11.6. The van der Waals surface area contributed by atoms with Gasteiger partial charge in [0.2, 0.25) is 5.91 Å². The Morgan fingerprint density at radius 3 is 2.64 bits per heavy atom. The van der Waals surface area contributed by atoms with E-state index in [1.54, 1.807) is 18.5 Å². The average Bonchev–Trinajstić information content (AvgIpc) is 3.44. The van der Waals surface area contributed by atoms with Crippen LogP contribution in [0.5, 0.6) is 0 Å². The predicted octanol–water partition coefficient (Wildman–Crippen LogP) is 3.60. The van der Waals surface area contributed by atoms with Crippen molar-refractivity contribution in [2.75, 3.05) is 49.5 Å². The fourth-order valence-electron chi connectivity index (χ4n) is 4.28. The van der Waals surface area contributed by atoms with E-state index in [1.165, 1.54) is 10.1 Å². The molecule has 2 aliphatic rings. The summed E-state index contributed by atoms with van der Waals surface area (Å²) in [5, 5.41) is 4.86. The second-order valence-electron chi connectivity index (χ2n) is 8.78. The molecule has 1 fully saturated rings. The minimum atomic E-state index is -3.94. The Bertz CT molecular complexity index is 1320. The Kier molecular flexibility index (Phi) is 8.81. The number of benzene rings is 2. The number of hydrogen-bond donors (Lipinski definition) is 3. The van der Waals surface area contributed by atoms with Gasteiger partial charge in [-0.2, -0.15) is 17.5 Å². The third-order valence-corrected chi connectivity index (χ3v) is 7.90. The molecule has 194 valence electrons. The maximum atomic E-state index is 11.6. The number of fused-ring (bicyclic) bond motifs is 2. The standard InChI is InChI=1S/C21H21ClN4OS.C3H9NO3S/c22-17-13-18-15(12-20(27)23-18)11-14(17)5-6-25-7-9-26(10-8-25)21-16-3-1-2-4-19(16)28-24-21;1-2-3-4-8(5,6)7/h1-4,11,13H,5-10,12H2,(H,23,27);4H,2-3H2,1H3,(H,5,6,7). The van der Waals surface area contributed by atoms with Crippen LogP contribution in [0.2, 0.25) is 5.02 Å². The molecule has 2 aliphatic heterocycles. The first kappa shape index (κ1) is 26.8. The van der Waals surface area contributed by atoms with E-state index in [0.29, 0.717) is 19.4 Å². The van der Waals surface area contributed by atoms with E-state index < -0.39 is 10.3 Å². The lowest BCUT2D eigenvalue weighted by atomic mass is 10.1. The summed E-state index contributed by atoms with van der Waals surface area (Å²) < 4.78 is 35.5. The zero-order chi connectivity index (χ0) is 25.7. The summed E-state index contributed by atoms with van der Waals surface area (Å²) in [4.78, 5) is 16.4. The Morgan fingerprint density at radius 2 is 1.94 bits per heavy atom. The first-order chi connectivity index (χ1) is 17.2. The van der Waals surface area contributed by atoms with Crippen LogP contribution in [0.25, 0.3) is 10.1 Å². The highest BCUT2D eigenvalue weighted by atomic mass is 35.5. The van der Waals surface area contributed by atoms with Gasteiger partial charge in [-0.1, -0.05) is 36.7 Å². The van der Waals surface area contributed by atoms with Crippen LogP contribution in [0.3, 0.4) is 0 Å². The first-order valence-electron chi connectivity index (χ1n) is 11.9. The second kappa shape index (κ2) is 11.8. The number of amides is 1. The smallest absolute Gasteiger partial charge is 0.333 e. The number of carbonyl (C=O) groups excluding carboxylic acids is 1. The highest BCUT2D eigenvalue weighted by Gasteiger charge is 2.22. The van der Waals surface area contributed by atoms with Crippen LogP contribution in [0.4, 0.5) is 11.5 Å². The molecule has 0 atom stereocenters. The van der Waals surface area contributed by atoms with Gasteiger partial charge in [0.25, 0.3) is 0 Å². The average molecular weight is 552 g/mol. The van der Waals surface area contributed by atoms with Crippen molar-refractivity contribution in [1.82, 2.24) is 14.0 Å². The monoisotopic (exact) mass is 551 g/mol. The van der Waals surface area contributed by atoms with Crippen molar-refractivity contribution in [3.05, 3.63) is 52.5 Å². The molecule has 5 rings (SSSR count). The second-order valence-corrected chi connectivity index (χ2v) is 11.2. The Balaban J connectivity index is 0.000000331. The van der Waals surface area contributed by atoms with E-state index in [0.717, 1.165) is 66.8 Å². The van der Waals surface area contributed by atoms with Crippen molar-refractivity contribution in [3.8, 4) is 0 Å². The molecule has 3 heterocycles. The molecule has 0 radical (unpaired) electrons. The highest BCUT2D eigenvalue weighted by molar-refractivity contribution is 7.83. The van der Waals surface area contributed by atoms with Crippen LogP contribution in [-0.4, -0.2) is 67.4 Å². The van der Waals surface area contributed by atoms with Crippen molar-refractivity contribution < 1.29 is 17.8 Å². The molecule has 3 aromatic rings. The number of anilines is 2. The third-order valence-electron chi connectivity index (χ3n) is 6.16. The number of piperazine rings is 1. The van der Waals surface area contributed by atoms with Crippen LogP contribution in [0.1, 0.15) is 24.5 Å². The molecular weight excluding hydrogens is 522 g/mol. The topological polar surface area (TPSA) is 115 Å². The van der Waals surface area contributed by atoms with E-state index in [-0.39, 0.29) is 5.91 Å². The third kappa shape index (κ3) is 6.93. The largest absolute Gasteiger partial charge is 0.353 e. The molecule has 1 saturated heterocycles. The zero-order valence-electron chi connectivity index (χ0n) is 20.0. The predicted molar refractivity (Wildman–Crippen MR) is 146 cm³/mol. The lowest BCUT2D eigenvalue weighted by molar-refractivity contribution is -0.115. The molecule has 1 aromatic heterocycles. The molecule has 36 heavy (non-hydrogen) atoms. The van der Waals surface area contributed by atoms with Gasteiger partial charge in [0, 0.05) is 55.4 Å². The van der Waals surface area contributed by atoms with Gasteiger partial charge in [-0.25, -0.2) is 0 Å². The minimum absolute atomic E-state index is 0.0499. The molecule has 0 aliphatic carbocycles. The lowest BCUT2D eigenvalue weighted by Crippen LogP contribution is -2.47. The quantitative estimate of drug-likeness (QED) is 0.384. The Morgan fingerprint density at radius 1 is 1.19 bits per heavy atom. The molecule has 9 nitrogen and oxygen atoms in total. The summed E-state index contributed by atoms with van der Waals surface area (Å²) in [5.41, 5.74) is 3.05. The number of halogens is 1. The fourth-order valence-corrected chi connectivity index (χ4v) is 5.80. The SMILES string of the molecule is CCCNS(=O)(=O)O.O=C1Cc2cc(CCN3CCN(c4nsc5ccccc45)CC3)c(Cl)cc2N1. The number of aromatic nitrogens is 1. The summed E-state index contributed by atoms with van der Waals surface area (Å²) in [7, 11) is -3.94. The molecule has 3 N–H and O–H groups in total. The Hall–Kier alpha value is -2.28. The van der Waals surface area contributed by atoms with Crippen LogP contribution in [0.15, 0.2) is 36.4 Å². The fraction of sp³-hybridized carbons (Fsp3) is 0.417. The summed E-state index contributed by atoms with van der Waals surface area (Å²) >= 11 is 8.01. The molecule has 0 spiro atoms. The highest BCUT2D eigenvalue weighted by Crippen LogP contribution is 2.31. The summed E-state index contributed by atoms with van der Waals surface area (Å²) in [6, 6.07) is 12.4. The van der Waals surface area contributed by atoms with Gasteiger partial charge in [-0.15, -0.1) is 0 Å². The van der Waals surface area contributed by atoms with Crippen molar-refractivity contribution in [2.45, 2.75) is 26.2 Å². The van der Waals surface area contributed by atoms with Gasteiger partial charge in [-0.05, 0) is 53.7 Å². The van der Waals surface area contributed by atoms with Crippen LogP contribution in [0, 0.1) is 0 Å². The molecule has 1 amide bonds. The molecule has 12 heteroatoms. The van der Waals surface area contributed by atoms with Gasteiger partial charge in [0.1, 0.15) is 5.82 Å². The minimum Gasteiger partial charge on any atom is -0.353 e. The lowest BCUT2D eigenvalue weighted by Gasteiger charge is -2.35. The van der Waals surface area contributed by atoms with Gasteiger partial charge in [0.15, 0.2) is 0 Å². The van der Waals surface area contributed by atoms with E-state index in [4.69, 9.17) is 16.2 Å². The van der Waals surface area contributed by atoms with Crippen molar-refractivity contribution in [1.29, 1.82) is 0 Å². The first-order valence-corrected chi connectivity index (χ1v) is 14.5. The number of nitrogens with one attached hydrogen (secondary N) is 2. The Labute approximate surface area is 220 Å². The van der Waals surface area contributed by atoms with Crippen molar-refractivity contribution in [3.63, 3.8) is 0 Å². The van der Waals surface area contributed by atoms with Gasteiger partial charge < -0.3 is 10.2 Å². The molecular formula is C24H30ClN5O4S2. The summed E-state index contributed by atoms with van der Waals surface area (Å²) in [5.74, 6) is 1.17. The molecule has 0 saturated carbocycles. The van der Waals surface area contributed by atoms with Gasteiger partial charge in [-0.3, -0.25) is 14.2 Å². The normalized spacial score (nSPS) is 16.0. The number of hydrogen-bond acceptors (Lipinski definition) is 7. The number of nitrogens with zero attached hydrogens (tertiary/aromatic N) is 3. The van der Waals surface area contributed by atoms with E-state index in [9.17, 15) is 13.2 Å². The van der Waals surface area contributed by atoms with Gasteiger partial charge in [0.05, 0.1) is 11.1 Å². The van der Waals surface area contributed by atoms with Crippen molar-refractivity contribution >= 4 is 60.9 Å². The number of rotatable bonds is 7. The number of carbonyl (C=O) groups is 1. The zero-order valence-corrected chi connectivity index (χ0v) is 22.4. The van der Waals surface area contributed by atoms with Crippen LogP contribution in [-0.2, 0) is 27.9 Å². The summed E-state index contributed by atoms with van der Waals surface area (Å²) in [6.45, 7) is 7.10. The van der Waals surface area contributed by atoms with Crippen molar-refractivity contribution in [2.24, 2.45) is 0 Å². The van der Waals surface area contributed by atoms with E-state index >= 15 is 0 Å². The van der Waals surface area contributed by atoms with Gasteiger partial charge >= 0.3 is 10.3 Å². The van der Waals surface area contributed by atoms with Crippen LogP contribution < -0.4 is 14.9 Å². The van der Waals surface area contributed by atoms with E-state index in [2.05, 4.69) is 49.8 Å². The molecule has 2 aromatic carbocycles. The molecule has 0 bridgehead atoms. The maximum Gasteiger partial charge on any atom is 0.333 e.